The topological polar surface area (TPSA) is 228 Å². The predicted octanol–water partition coefficient (Wildman–Crippen LogP) is 19.9. The van der Waals surface area contributed by atoms with Crippen LogP contribution in [-0.2, 0) is 52.5 Å². The van der Waals surface area contributed by atoms with Crippen LogP contribution in [0.4, 0.5) is 0 Å². The molecule has 0 bridgehead atoms. The van der Waals surface area contributed by atoms with Crippen molar-refractivity contribution in [2.75, 3.05) is 0 Å². The Labute approximate surface area is 616 Å². The molecule has 103 heavy (non-hydrogen) atoms. The van der Waals surface area contributed by atoms with Crippen molar-refractivity contribution in [3.05, 3.63) is 268 Å². The number of ketones is 2. The Morgan fingerprint density at radius 1 is 0.369 bits per heavy atom. The minimum absolute atomic E-state index is 0.109. The van der Waals surface area contributed by atoms with Crippen molar-refractivity contribution >= 4 is 17.6 Å². The zero-order valence-electron chi connectivity index (χ0n) is 65.7. The summed E-state index contributed by atoms with van der Waals surface area (Å²) in [7, 11) is 0. The van der Waals surface area contributed by atoms with Gasteiger partial charge < -0.3 is 4.52 Å². The largest absolute Gasteiger partial charge is 0.364 e. The van der Waals surface area contributed by atoms with Gasteiger partial charge in [0.1, 0.15) is 30.5 Å². The van der Waals surface area contributed by atoms with Crippen molar-refractivity contribution in [1.82, 2.24) is 70.2 Å². The van der Waals surface area contributed by atoms with Gasteiger partial charge in [-0.2, -0.15) is 10.2 Å². The fraction of sp³-hybridized carbons (Fsp3) is 0.442. The summed E-state index contributed by atoms with van der Waals surface area (Å²) in [5.74, 6) is 5.04. The summed E-state index contributed by atoms with van der Waals surface area (Å²) in [4.78, 5) is 67.3. The van der Waals surface area contributed by atoms with E-state index in [4.69, 9.17) is 0 Å². The third-order valence-electron chi connectivity index (χ3n) is 16.7. The maximum Gasteiger partial charge on any atom is 0.143 e. The number of fused-ring (bicyclic) bond motifs is 3. The van der Waals surface area contributed by atoms with Crippen LogP contribution in [0.25, 0.3) is 6.08 Å². The van der Waals surface area contributed by atoms with Gasteiger partial charge in [-0.25, -0.2) is 19.9 Å². The number of hydrogen-bond acceptors (Lipinski definition) is 17. The summed E-state index contributed by atoms with van der Waals surface area (Å²) in [5, 5.41) is 11.0. The van der Waals surface area contributed by atoms with Gasteiger partial charge >= 0.3 is 0 Å². The van der Waals surface area contributed by atoms with Crippen LogP contribution in [0, 0.1) is 0 Å². The van der Waals surface area contributed by atoms with Crippen molar-refractivity contribution in [2.45, 2.75) is 249 Å². The zero-order chi connectivity index (χ0) is 76.1. The van der Waals surface area contributed by atoms with Crippen LogP contribution in [0.1, 0.15) is 296 Å². The molecule has 13 rings (SSSR count). The molecule has 10 aromatic rings. The Kier molecular flexibility index (Phi) is 37.2. The van der Waals surface area contributed by atoms with E-state index in [0.717, 1.165) is 41.2 Å². The van der Waals surface area contributed by atoms with E-state index < -0.39 is 0 Å². The summed E-state index contributed by atoms with van der Waals surface area (Å²) in [6, 6.07) is 18.3. The molecular weight excluding hydrogens is 1280 g/mol. The lowest BCUT2D eigenvalue weighted by Crippen LogP contribution is -2.22. The Hall–Kier alpha value is -9.64. The summed E-state index contributed by atoms with van der Waals surface area (Å²) in [6.45, 7) is 47.4. The van der Waals surface area contributed by atoms with Crippen molar-refractivity contribution < 1.29 is 14.1 Å². The van der Waals surface area contributed by atoms with Crippen LogP contribution in [0.15, 0.2) is 183 Å². The SMILES string of the molecule is CC(C)(C)c1ccnc2c1CC(=O)C2.CC(C)(C)c1ccnc2c1CCC(=O)C2.CC(C)c1cccnc1.CC(C)c1ccnc2c1C=CC2.CC(C)c1ccncc1.CC(C)c1ccncn1.CC(C)c1ccnnc1.CC(C)c1cnccn1.CC(C)c1cncnc1.CC(C)c1cnoc1. The monoisotopic (exact) mass is 1390 g/mol. The molecule has 10 heterocycles. The van der Waals surface area contributed by atoms with Crippen LogP contribution >= 0.6 is 0 Å². The molecule has 0 amide bonds. The molecule has 0 aliphatic heterocycles. The molecule has 3 aliphatic rings. The number of aromatic nitrogens is 14. The molecule has 0 atom stereocenters. The number of hydrogen-bond donors (Lipinski definition) is 0. The summed E-state index contributed by atoms with van der Waals surface area (Å²) < 4.78 is 4.63. The second-order valence-electron chi connectivity index (χ2n) is 29.9. The normalized spacial score (nSPS) is 12.3. The van der Waals surface area contributed by atoms with Crippen molar-refractivity contribution in [2.24, 2.45) is 0 Å². The highest BCUT2D eigenvalue weighted by molar-refractivity contribution is 5.88. The second-order valence-corrected chi connectivity index (χ2v) is 29.9. The van der Waals surface area contributed by atoms with E-state index in [0.29, 0.717) is 84.6 Å². The van der Waals surface area contributed by atoms with Gasteiger partial charge in [-0.1, -0.05) is 176 Å². The van der Waals surface area contributed by atoms with Gasteiger partial charge in [0.15, 0.2) is 0 Å². The van der Waals surface area contributed by atoms with Gasteiger partial charge in [-0.05, 0) is 169 Å². The zero-order valence-corrected chi connectivity index (χ0v) is 65.7. The molecule has 0 radical (unpaired) electrons. The lowest BCUT2D eigenvalue weighted by Gasteiger charge is -2.26. The number of Topliss-reactive ketones (excluding diaryl/α,β-unsaturated/α-hetero) is 2. The first-order valence-corrected chi connectivity index (χ1v) is 36.2. The number of carbonyl (C=O) groups is 2. The molecule has 3 aliphatic carbocycles. The molecule has 0 N–H and O–H groups in total. The van der Waals surface area contributed by atoms with Gasteiger partial charge in [0.05, 0.1) is 35.2 Å². The number of pyridine rings is 5. The van der Waals surface area contributed by atoms with Crippen molar-refractivity contribution in [1.29, 1.82) is 0 Å². The maximum atomic E-state index is 11.3. The average molecular weight is 1390 g/mol. The van der Waals surface area contributed by atoms with Gasteiger partial charge in [0.25, 0.3) is 0 Å². The Balaban J connectivity index is 0.000000244. The van der Waals surface area contributed by atoms with E-state index in [1.807, 2.05) is 86.0 Å². The molecule has 0 fully saturated rings. The maximum absolute atomic E-state index is 11.3. The van der Waals surface area contributed by atoms with Gasteiger partial charge in [-0.15, -0.1) is 0 Å². The first-order valence-electron chi connectivity index (χ1n) is 36.2. The van der Waals surface area contributed by atoms with Crippen LogP contribution < -0.4 is 0 Å². The van der Waals surface area contributed by atoms with E-state index >= 15 is 0 Å². The number of rotatable bonds is 8. The van der Waals surface area contributed by atoms with Gasteiger partial charge in [0.2, 0.25) is 0 Å². The molecule has 0 spiro atoms. The quantitative estimate of drug-likeness (QED) is 0.138. The second kappa shape index (κ2) is 44.7. The third kappa shape index (κ3) is 31.6. The highest BCUT2D eigenvalue weighted by Gasteiger charge is 2.28. The van der Waals surface area contributed by atoms with E-state index in [1.54, 1.807) is 68.5 Å². The van der Waals surface area contributed by atoms with E-state index in [1.165, 1.54) is 61.3 Å². The highest BCUT2D eigenvalue weighted by atomic mass is 16.5. The fourth-order valence-corrected chi connectivity index (χ4v) is 10.4. The summed E-state index contributed by atoms with van der Waals surface area (Å²) in [6.07, 6.45) is 42.2. The molecule has 548 valence electrons. The fourth-order valence-electron chi connectivity index (χ4n) is 10.4. The molecule has 17 heteroatoms. The number of carbonyl (C=O) groups excluding carboxylic acids is 2. The van der Waals surface area contributed by atoms with Crippen LogP contribution in [0.5, 0.6) is 0 Å². The van der Waals surface area contributed by atoms with Crippen molar-refractivity contribution in [3.63, 3.8) is 0 Å². The van der Waals surface area contributed by atoms with Crippen LogP contribution in [-0.4, -0.2) is 81.7 Å². The molecule has 0 unspecified atom stereocenters. The van der Waals surface area contributed by atoms with Crippen LogP contribution in [0.3, 0.4) is 0 Å². The minimum atomic E-state index is 0.109. The molecule has 0 saturated heterocycles. The van der Waals surface area contributed by atoms with Crippen molar-refractivity contribution in [3.8, 4) is 0 Å². The van der Waals surface area contributed by atoms with Gasteiger partial charge in [-0.3, -0.25) is 44.5 Å². The van der Waals surface area contributed by atoms with E-state index in [-0.39, 0.29) is 10.8 Å². The first-order chi connectivity index (χ1) is 48.9. The minimum Gasteiger partial charge on any atom is -0.364 e. The Morgan fingerprint density at radius 2 is 0.913 bits per heavy atom. The third-order valence-corrected chi connectivity index (χ3v) is 16.7. The number of nitrogens with zero attached hydrogens (tertiary/aromatic N) is 14. The van der Waals surface area contributed by atoms with E-state index in [9.17, 15) is 9.59 Å². The lowest BCUT2D eigenvalue weighted by molar-refractivity contribution is -0.119. The van der Waals surface area contributed by atoms with E-state index in [2.05, 4.69) is 257 Å². The average Bonchev–Trinajstić information content (AvgIpc) is 1.79. The molecule has 0 aromatic carbocycles. The highest BCUT2D eigenvalue weighted by Crippen LogP contribution is 2.32. The Morgan fingerprint density at radius 3 is 1.35 bits per heavy atom. The summed E-state index contributed by atoms with van der Waals surface area (Å²) in [5.41, 5.74) is 19.8. The lowest BCUT2D eigenvalue weighted by atomic mass is 9.80. The first kappa shape index (κ1) is 85.8. The standard InChI is InChI=1S/C13H17NO.C12H15NO.C11H13N.2C8H11N.4C7H10N2.C6H9NO/c1-13(2,3)11-6-7-14-12-8-9(15)4-5-10(11)12;1-12(2,3)10-4-5-13-11-7-8(14)6-9(10)11;1-8(2)9-6-7-12-11-5-3-4-10(9)11;1-7(2)8-3-5-9-6-4-8;1-7(2)8-4-3-5-9-6-8;1-6(2)7-3-8-5-9-4-7;1-6(2)7-5-8-3-4-9-7;1-6(2)7-3-4-8-5-9-7;1-6(2)7-3-4-8-9-5-7;1-5(2)6-3-7-8-4-6/h6-7H,4-5,8H2,1-3H3;4-5H,6-7H2,1-3H3;3-4,6-8H,5H2,1-2H3;2*3-7H,1-2H3;4*3-6H,1-2H3;3-5H,1-2H3. The summed E-state index contributed by atoms with van der Waals surface area (Å²) >= 11 is 0. The molecule has 0 saturated carbocycles. The smallest absolute Gasteiger partial charge is 0.143 e. The molecular formula is C86H116N14O3. The molecule has 17 nitrogen and oxygen atoms in total. The predicted molar refractivity (Wildman–Crippen MR) is 418 cm³/mol. The van der Waals surface area contributed by atoms with Gasteiger partial charge in [0, 0.05) is 130 Å². The number of allylic oxidation sites excluding steroid dienone is 1. The Bertz CT molecular complexity index is 3650. The van der Waals surface area contributed by atoms with Crippen LogP contribution in [0.2, 0.25) is 0 Å². The molecule has 10 aromatic heterocycles.